The maximum atomic E-state index is 11.9. The van der Waals surface area contributed by atoms with Crippen molar-refractivity contribution in [3.05, 3.63) is 63.7 Å². The third-order valence-corrected chi connectivity index (χ3v) is 4.37. The molecule has 1 unspecified atom stereocenters. The molecule has 0 saturated carbocycles. The summed E-state index contributed by atoms with van der Waals surface area (Å²) < 4.78 is 11.3. The van der Waals surface area contributed by atoms with Crippen LogP contribution in [0.2, 0.25) is 0 Å². The topological polar surface area (TPSA) is 64.6 Å². The molecular weight excluding hydrogens is 445 g/mol. The zero-order chi connectivity index (χ0) is 18.8. The summed E-state index contributed by atoms with van der Waals surface area (Å²) in [4.78, 5) is 23.5. The maximum Gasteiger partial charge on any atom is 0.344 e. The summed E-state index contributed by atoms with van der Waals surface area (Å²) in [6.45, 7) is 1.41. The molecule has 0 heterocycles. The van der Waals surface area contributed by atoms with Gasteiger partial charge in [0.1, 0.15) is 5.75 Å². The van der Waals surface area contributed by atoms with Crippen molar-refractivity contribution < 1.29 is 19.1 Å². The van der Waals surface area contributed by atoms with Crippen molar-refractivity contribution in [3.8, 4) is 5.75 Å². The minimum Gasteiger partial charge on any atom is -0.482 e. The zero-order valence-corrected chi connectivity index (χ0v) is 16.8. The lowest BCUT2D eigenvalue weighted by atomic mass is 10.1. The third kappa shape index (κ3) is 7.86. The molecule has 2 aromatic carbocycles. The van der Waals surface area contributed by atoms with Gasteiger partial charge in [-0.3, -0.25) is 4.79 Å². The molecule has 6 heteroatoms. The zero-order valence-electron chi connectivity index (χ0n) is 14.6. The molecule has 0 aliphatic heterocycles. The van der Waals surface area contributed by atoms with Gasteiger partial charge in [0.2, 0.25) is 0 Å². The molecule has 1 amide bonds. The highest BCUT2D eigenvalue weighted by Crippen LogP contribution is 2.13. The van der Waals surface area contributed by atoms with Gasteiger partial charge in [0, 0.05) is 9.61 Å². The Kier molecular flexibility index (Phi) is 8.40. The van der Waals surface area contributed by atoms with Crippen LogP contribution in [0.25, 0.3) is 0 Å². The Labute approximate surface area is 167 Å². The summed E-state index contributed by atoms with van der Waals surface area (Å²) in [6, 6.07) is 17.4. The average Bonchev–Trinajstić information content (AvgIpc) is 2.65. The minimum absolute atomic E-state index is 0.00412. The summed E-state index contributed by atoms with van der Waals surface area (Å²) in [7, 11) is 0. The fourth-order valence-electron chi connectivity index (χ4n) is 2.28. The Morgan fingerprint density at radius 2 is 1.73 bits per heavy atom. The van der Waals surface area contributed by atoms with Gasteiger partial charge in [0.05, 0.1) is 0 Å². The highest BCUT2D eigenvalue weighted by molar-refractivity contribution is 14.1. The molecule has 0 radical (unpaired) electrons. The van der Waals surface area contributed by atoms with Crippen molar-refractivity contribution in [2.24, 2.45) is 0 Å². The van der Waals surface area contributed by atoms with E-state index in [0.717, 1.165) is 16.4 Å². The van der Waals surface area contributed by atoms with Crippen LogP contribution >= 0.6 is 22.6 Å². The van der Waals surface area contributed by atoms with Gasteiger partial charge in [0.25, 0.3) is 5.91 Å². The van der Waals surface area contributed by atoms with Crippen LogP contribution in [0.1, 0.15) is 18.9 Å². The number of amides is 1. The molecule has 0 aliphatic rings. The Morgan fingerprint density at radius 3 is 2.42 bits per heavy atom. The van der Waals surface area contributed by atoms with Gasteiger partial charge < -0.3 is 14.8 Å². The van der Waals surface area contributed by atoms with E-state index in [1.54, 1.807) is 12.1 Å². The molecule has 0 saturated heterocycles. The predicted octanol–water partition coefficient (Wildman–Crippen LogP) is 3.35. The van der Waals surface area contributed by atoms with Gasteiger partial charge in [-0.1, -0.05) is 30.3 Å². The first-order valence-corrected chi connectivity index (χ1v) is 9.48. The summed E-state index contributed by atoms with van der Waals surface area (Å²) in [5.41, 5.74) is 1.23. The van der Waals surface area contributed by atoms with Gasteiger partial charge in [-0.15, -0.1) is 0 Å². The number of hydrogen-bond donors (Lipinski definition) is 1. The van der Waals surface area contributed by atoms with Crippen LogP contribution in [0.3, 0.4) is 0 Å². The molecule has 0 spiro atoms. The van der Waals surface area contributed by atoms with E-state index in [-0.39, 0.29) is 25.2 Å². The van der Waals surface area contributed by atoms with Crippen molar-refractivity contribution in [2.45, 2.75) is 25.8 Å². The molecule has 26 heavy (non-hydrogen) atoms. The lowest BCUT2D eigenvalue weighted by Gasteiger charge is -2.14. The SMILES string of the molecule is CC(CCc1ccccc1)NC(=O)COC(=O)COc1ccc(I)cc1. The molecule has 1 N–H and O–H groups in total. The fraction of sp³-hybridized carbons (Fsp3) is 0.300. The molecule has 138 valence electrons. The van der Waals surface area contributed by atoms with Crippen LogP contribution in [0, 0.1) is 3.57 Å². The van der Waals surface area contributed by atoms with Crippen LogP contribution < -0.4 is 10.1 Å². The predicted molar refractivity (Wildman–Crippen MR) is 108 cm³/mol. The van der Waals surface area contributed by atoms with Gasteiger partial charge in [-0.25, -0.2) is 4.79 Å². The molecule has 0 bridgehead atoms. The lowest BCUT2D eigenvalue weighted by Crippen LogP contribution is -2.36. The Bertz CT molecular complexity index is 704. The highest BCUT2D eigenvalue weighted by atomic mass is 127. The van der Waals surface area contributed by atoms with E-state index in [1.165, 1.54) is 5.56 Å². The number of halogens is 1. The van der Waals surface area contributed by atoms with Crippen LogP contribution in [0.15, 0.2) is 54.6 Å². The van der Waals surface area contributed by atoms with Crippen LogP contribution in [-0.2, 0) is 20.7 Å². The van der Waals surface area contributed by atoms with E-state index in [4.69, 9.17) is 9.47 Å². The third-order valence-electron chi connectivity index (χ3n) is 3.65. The summed E-state index contributed by atoms with van der Waals surface area (Å²) in [5.74, 6) is -0.301. The van der Waals surface area contributed by atoms with Crippen molar-refractivity contribution in [3.63, 3.8) is 0 Å². The number of nitrogens with one attached hydrogen (secondary N) is 1. The van der Waals surface area contributed by atoms with Crippen LogP contribution in [0.5, 0.6) is 5.75 Å². The number of aryl methyl sites for hydroxylation is 1. The molecule has 0 fully saturated rings. The lowest BCUT2D eigenvalue weighted by molar-refractivity contribution is -0.150. The summed E-state index contributed by atoms with van der Waals surface area (Å²) in [6.07, 6.45) is 1.70. The number of ether oxygens (including phenoxy) is 2. The summed E-state index contributed by atoms with van der Waals surface area (Å²) in [5, 5.41) is 2.83. The smallest absolute Gasteiger partial charge is 0.344 e. The standard InChI is InChI=1S/C20H22INO4/c1-15(7-8-16-5-3-2-4-6-16)22-19(23)13-26-20(24)14-25-18-11-9-17(21)10-12-18/h2-6,9-12,15H,7-8,13-14H2,1H3,(H,22,23). The molecule has 2 aromatic rings. The second-order valence-corrected chi connectivity index (χ2v) is 7.14. The molecule has 0 aromatic heterocycles. The number of benzene rings is 2. The van der Waals surface area contributed by atoms with E-state index >= 15 is 0 Å². The first-order valence-electron chi connectivity index (χ1n) is 8.40. The quantitative estimate of drug-likeness (QED) is 0.454. The van der Waals surface area contributed by atoms with Gasteiger partial charge in [-0.2, -0.15) is 0 Å². The molecule has 2 rings (SSSR count). The molecule has 1 atom stereocenters. The first kappa shape index (κ1) is 20.2. The van der Waals surface area contributed by atoms with E-state index in [9.17, 15) is 9.59 Å². The minimum atomic E-state index is -0.573. The van der Waals surface area contributed by atoms with Crippen molar-refractivity contribution in [2.75, 3.05) is 13.2 Å². The van der Waals surface area contributed by atoms with Gasteiger partial charge in [-0.05, 0) is 72.2 Å². The monoisotopic (exact) mass is 467 g/mol. The van der Waals surface area contributed by atoms with E-state index < -0.39 is 5.97 Å². The number of carbonyl (C=O) groups is 2. The molecule has 5 nitrogen and oxygen atoms in total. The largest absolute Gasteiger partial charge is 0.482 e. The number of esters is 1. The number of carbonyl (C=O) groups excluding carboxylic acids is 2. The Balaban J connectivity index is 1.61. The Morgan fingerprint density at radius 1 is 1.04 bits per heavy atom. The first-order chi connectivity index (χ1) is 12.5. The van der Waals surface area contributed by atoms with Crippen molar-refractivity contribution >= 4 is 34.5 Å². The second-order valence-electron chi connectivity index (χ2n) is 5.90. The van der Waals surface area contributed by atoms with Crippen molar-refractivity contribution in [1.29, 1.82) is 0 Å². The number of rotatable bonds is 9. The van der Waals surface area contributed by atoms with Crippen molar-refractivity contribution in [1.82, 2.24) is 5.32 Å². The Hall–Kier alpha value is -2.09. The fourth-order valence-corrected chi connectivity index (χ4v) is 2.64. The van der Waals surface area contributed by atoms with Gasteiger partial charge in [0.15, 0.2) is 13.2 Å². The highest BCUT2D eigenvalue weighted by Gasteiger charge is 2.11. The van der Waals surface area contributed by atoms with Crippen LogP contribution in [-0.4, -0.2) is 31.1 Å². The van der Waals surface area contributed by atoms with Crippen LogP contribution in [0.4, 0.5) is 0 Å². The molecule has 0 aliphatic carbocycles. The van der Waals surface area contributed by atoms with E-state index in [0.29, 0.717) is 5.75 Å². The van der Waals surface area contributed by atoms with Gasteiger partial charge >= 0.3 is 5.97 Å². The average molecular weight is 467 g/mol. The molecular formula is C20H22INO4. The maximum absolute atomic E-state index is 11.9. The summed E-state index contributed by atoms with van der Waals surface area (Å²) >= 11 is 2.19. The number of hydrogen-bond acceptors (Lipinski definition) is 4. The van der Waals surface area contributed by atoms with E-state index in [2.05, 4.69) is 40.0 Å². The second kappa shape index (κ2) is 10.8. The van der Waals surface area contributed by atoms with E-state index in [1.807, 2.05) is 37.3 Å². The normalized spacial score (nSPS) is 11.5.